The van der Waals surface area contributed by atoms with Crippen molar-refractivity contribution in [1.29, 1.82) is 0 Å². The van der Waals surface area contributed by atoms with Gasteiger partial charge in [0.2, 0.25) is 11.8 Å². The third-order valence-corrected chi connectivity index (χ3v) is 4.55. The van der Waals surface area contributed by atoms with E-state index >= 15 is 0 Å². The number of hydrogen-bond donors (Lipinski definition) is 3. The second-order valence-corrected chi connectivity index (χ2v) is 6.51. The number of carboxylic acid groups (broad SMARTS) is 1. The lowest BCUT2D eigenvalue weighted by atomic mass is 10.1. The molecule has 0 saturated carbocycles. The van der Waals surface area contributed by atoms with Gasteiger partial charge in [-0.1, -0.05) is 6.07 Å². The summed E-state index contributed by atoms with van der Waals surface area (Å²) in [6.07, 6.45) is -0.177. The monoisotopic (exact) mass is 384 g/mol. The number of anilines is 2. The van der Waals surface area contributed by atoms with Gasteiger partial charge in [0.25, 0.3) is 0 Å². The fourth-order valence-corrected chi connectivity index (χ4v) is 3.10. The Morgan fingerprint density at radius 1 is 1.21 bits per heavy atom. The van der Waals surface area contributed by atoms with Crippen molar-refractivity contribution in [3.63, 3.8) is 0 Å². The number of carboxylic acids is 1. The van der Waals surface area contributed by atoms with Crippen molar-refractivity contribution in [1.82, 2.24) is 0 Å². The van der Waals surface area contributed by atoms with Crippen molar-refractivity contribution in [2.45, 2.75) is 12.8 Å². The van der Waals surface area contributed by atoms with Crippen molar-refractivity contribution in [3.05, 3.63) is 48.0 Å². The number of phenols is 1. The fraction of sp³-hybridized carbons (Fsp3) is 0.250. The standard InChI is InChI=1S/C20H20N2O6/c1-28-15-5-3-14(4-6-15)22-11-13(10-18(22)24)20(27)21-16-8-12(9-19(25)26)2-7-17(16)23/h2-8,13,23H,9-11H2,1H3,(H,21,27)(H,25,26). The molecule has 0 spiro atoms. The van der Waals surface area contributed by atoms with Crippen LogP contribution < -0.4 is 15.0 Å². The van der Waals surface area contributed by atoms with Gasteiger partial charge in [-0.25, -0.2) is 0 Å². The Morgan fingerprint density at radius 2 is 1.93 bits per heavy atom. The number of ether oxygens (including phenoxy) is 1. The molecular weight excluding hydrogens is 364 g/mol. The van der Waals surface area contributed by atoms with Crippen LogP contribution in [0.5, 0.6) is 11.5 Å². The number of aliphatic carboxylic acids is 1. The van der Waals surface area contributed by atoms with E-state index in [-0.39, 0.29) is 36.7 Å². The highest BCUT2D eigenvalue weighted by molar-refractivity contribution is 6.04. The lowest BCUT2D eigenvalue weighted by Gasteiger charge is -2.17. The number of nitrogens with one attached hydrogen (secondary N) is 1. The summed E-state index contributed by atoms with van der Waals surface area (Å²) in [5.41, 5.74) is 1.24. The van der Waals surface area contributed by atoms with E-state index in [1.807, 2.05) is 0 Å². The molecule has 0 radical (unpaired) electrons. The summed E-state index contributed by atoms with van der Waals surface area (Å²) in [6.45, 7) is 0.215. The van der Waals surface area contributed by atoms with Crippen LogP contribution in [0, 0.1) is 5.92 Å². The highest BCUT2D eigenvalue weighted by Crippen LogP contribution is 2.29. The third-order valence-electron chi connectivity index (χ3n) is 4.55. The first-order chi connectivity index (χ1) is 13.4. The Hall–Kier alpha value is -3.55. The average molecular weight is 384 g/mol. The average Bonchev–Trinajstić information content (AvgIpc) is 3.06. The molecule has 3 rings (SSSR count). The highest BCUT2D eigenvalue weighted by atomic mass is 16.5. The maximum absolute atomic E-state index is 12.6. The molecular formula is C20H20N2O6. The molecule has 1 saturated heterocycles. The number of phenolic OH excluding ortho intramolecular Hbond substituents is 1. The molecule has 1 aliphatic heterocycles. The van der Waals surface area contributed by atoms with E-state index in [1.54, 1.807) is 31.4 Å². The Bertz CT molecular complexity index is 909. The number of nitrogens with zero attached hydrogens (tertiary/aromatic N) is 1. The summed E-state index contributed by atoms with van der Waals surface area (Å²) >= 11 is 0. The number of benzene rings is 2. The zero-order chi connectivity index (χ0) is 20.3. The van der Waals surface area contributed by atoms with E-state index < -0.39 is 17.8 Å². The number of carbonyl (C=O) groups is 3. The van der Waals surface area contributed by atoms with E-state index in [0.29, 0.717) is 17.0 Å². The zero-order valence-corrected chi connectivity index (χ0v) is 15.2. The predicted molar refractivity (Wildman–Crippen MR) is 102 cm³/mol. The molecule has 8 nitrogen and oxygen atoms in total. The minimum absolute atomic E-state index is 0.0490. The van der Waals surface area contributed by atoms with Crippen LogP contribution in [0.25, 0.3) is 0 Å². The zero-order valence-electron chi connectivity index (χ0n) is 15.2. The van der Waals surface area contributed by atoms with Gasteiger partial charge in [-0.15, -0.1) is 0 Å². The quantitative estimate of drug-likeness (QED) is 0.656. The second-order valence-electron chi connectivity index (χ2n) is 6.51. The van der Waals surface area contributed by atoms with Crippen molar-refractivity contribution in [2.24, 2.45) is 5.92 Å². The Kier molecular flexibility index (Phi) is 5.49. The predicted octanol–water partition coefficient (Wildman–Crippen LogP) is 2.02. The number of methoxy groups -OCH3 is 1. The van der Waals surface area contributed by atoms with Crippen molar-refractivity contribution < 1.29 is 29.3 Å². The molecule has 1 atom stereocenters. The number of rotatable bonds is 6. The van der Waals surface area contributed by atoms with Crippen LogP contribution in [0.2, 0.25) is 0 Å². The first-order valence-electron chi connectivity index (χ1n) is 8.66. The molecule has 146 valence electrons. The van der Waals surface area contributed by atoms with Crippen molar-refractivity contribution >= 4 is 29.2 Å². The molecule has 1 unspecified atom stereocenters. The minimum atomic E-state index is -1.01. The van der Waals surface area contributed by atoms with Crippen LogP contribution >= 0.6 is 0 Å². The van der Waals surface area contributed by atoms with Crippen LogP contribution in [-0.2, 0) is 20.8 Å². The molecule has 1 fully saturated rings. The van der Waals surface area contributed by atoms with E-state index in [2.05, 4.69) is 5.32 Å². The Labute approximate surface area is 161 Å². The summed E-state index contributed by atoms with van der Waals surface area (Å²) in [6, 6.07) is 11.2. The number of aromatic hydroxyl groups is 1. The van der Waals surface area contributed by atoms with Crippen molar-refractivity contribution in [3.8, 4) is 11.5 Å². The molecule has 0 bridgehead atoms. The molecule has 2 amide bonds. The summed E-state index contributed by atoms with van der Waals surface area (Å²) in [4.78, 5) is 37.3. The van der Waals surface area contributed by atoms with Gasteiger partial charge in [-0.2, -0.15) is 0 Å². The Balaban J connectivity index is 1.70. The normalized spacial score (nSPS) is 16.1. The molecule has 0 aliphatic carbocycles. The van der Waals surface area contributed by atoms with E-state index in [4.69, 9.17) is 9.84 Å². The summed E-state index contributed by atoms with van der Waals surface area (Å²) in [7, 11) is 1.55. The first-order valence-corrected chi connectivity index (χ1v) is 8.66. The topological polar surface area (TPSA) is 116 Å². The third kappa shape index (κ3) is 4.22. The number of carbonyl (C=O) groups excluding carboxylic acids is 2. The molecule has 0 aromatic heterocycles. The molecule has 28 heavy (non-hydrogen) atoms. The van der Waals surface area contributed by atoms with Crippen LogP contribution in [0.3, 0.4) is 0 Å². The second kappa shape index (κ2) is 7.99. The van der Waals surface area contributed by atoms with Gasteiger partial charge in [0, 0.05) is 18.7 Å². The smallest absolute Gasteiger partial charge is 0.307 e. The number of amides is 2. The van der Waals surface area contributed by atoms with Crippen LogP contribution in [0.15, 0.2) is 42.5 Å². The lowest BCUT2D eigenvalue weighted by Crippen LogP contribution is -2.28. The number of hydrogen-bond acceptors (Lipinski definition) is 5. The van der Waals surface area contributed by atoms with Crippen molar-refractivity contribution in [2.75, 3.05) is 23.9 Å². The van der Waals surface area contributed by atoms with E-state index in [9.17, 15) is 19.5 Å². The van der Waals surface area contributed by atoms with Gasteiger partial charge in [0.05, 0.1) is 25.1 Å². The molecule has 1 aliphatic rings. The van der Waals surface area contributed by atoms with Gasteiger partial charge in [-0.05, 0) is 42.0 Å². The maximum Gasteiger partial charge on any atom is 0.307 e. The van der Waals surface area contributed by atoms with Gasteiger partial charge < -0.3 is 25.2 Å². The molecule has 3 N–H and O–H groups in total. The van der Waals surface area contributed by atoms with E-state index in [1.165, 1.54) is 23.1 Å². The van der Waals surface area contributed by atoms with Gasteiger partial charge in [0.15, 0.2) is 0 Å². The Morgan fingerprint density at radius 3 is 2.57 bits per heavy atom. The van der Waals surface area contributed by atoms with Gasteiger partial charge in [-0.3, -0.25) is 14.4 Å². The fourth-order valence-electron chi connectivity index (χ4n) is 3.10. The largest absolute Gasteiger partial charge is 0.506 e. The van der Waals surface area contributed by atoms with Gasteiger partial charge in [0.1, 0.15) is 11.5 Å². The van der Waals surface area contributed by atoms with Crippen LogP contribution in [0.4, 0.5) is 11.4 Å². The SMILES string of the molecule is COc1ccc(N2CC(C(=O)Nc3cc(CC(=O)O)ccc3O)CC2=O)cc1. The van der Waals surface area contributed by atoms with Crippen LogP contribution in [-0.4, -0.2) is 41.7 Å². The highest BCUT2D eigenvalue weighted by Gasteiger charge is 2.35. The van der Waals surface area contributed by atoms with Gasteiger partial charge >= 0.3 is 5.97 Å². The summed E-state index contributed by atoms with van der Waals surface area (Å²) in [5.74, 6) is -1.68. The summed E-state index contributed by atoms with van der Waals surface area (Å²) in [5, 5.41) is 21.4. The molecule has 1 heterocycles. The molecule has 2 aromatic carbocycles. The minimum Gasteiger partial charge on any atom is -0.506 e. The molecule has 2 aromatic rings. The van der Waals surface area contributed by atoms with E-state index in [0.717, 1.165) is 0 Å². The lowest BCUT2D eigenvalue weighted by molar-refractivity contribution is -0.136. The summed E-state index contributed by atoms with van der Waals surface area (Å²) < 4.78 is 5.10. The first kappa shape index (κ1) is 19.2. The van der Waals surface area contributed by atoms with Crippen LogP contribution in [0.1, 0.15) is 12.0 Å². The maximum atomic E-state index is 12.6. The molecule has 8 heteroatoms.